The maximum absolute atomic E-state index is 13.9. The molecule has 7 heterocycles. The van der Waals surface area contributed by atoms with Gasteiger partial charge in [0.25, 0.3) is 23.6 Å². The Hall–Kier alpha value is -6.79. The van der Waals surface area contributed by atoms with Gasteiger partial charge in [-0.2, -0.15) is 0 Å². The zero-order valence-electron chi connectivity index (χ0n) is 53.7. The van der Waals surface area contributed by atoms with Gasteiger partial charge in [0.1, 0.15) is 30.8 Å². The first kappa shape index (κ1) is 71.1. The highest BCUT2D eigenvalue weighted by Crippen LogP contribution is 2.38. The molecule has 4 aromatic rings. The van der Waals surface area contributed by atoms with Crippen molar-refractivity contribution < 1.29 is 62.0 Å². The number of hydrazine groups is 2. The number of carbonyl (C=O) groups is 8. The lowest BCUT2D eigenvalue weighted by molar-refractivity contribution is -0.170. The summed E-state index contributed by atoms with van der Waals surface area (Å²) in [4.78, 5) is 116. The van der Waals surface area contributed by atoms with Crippen molar-refractivity contribution >= 4 is 116 Å². The molecule has 0 aliphatic carbocycles. The van der Waals surface area contributed by atoms with Crippen LogP contribution in [0.1, 0.15) is 148 Å². The summed E-state index contributed by atoms with van der Waals surface area (Å²) in [7, 11) is 0. The molecule has 0 radical (unpaired) electrons. The molecule has 9 rings (SSSR count). The fourth-order valence-electron chi connectivity index (χ4n) is 11.5. The number of benzene rings is 2. The fraction of sp³-hybridized carbons (Fsp3) is 0.552. The molecule has 5 bridgehead atoms. The van der Waals surface area contributed by atoms with Crippen molar-refractivity contribution in [1.29, 1.82) is 0 Å². The zero-order valence-corrected chi connectivity index (χ0v) is 56.0. The highest BCUT2D eigenvalue weighted by atomic mass is 35.6. The van der Waals surface area contributed by atoms with Gasteiger partial charge < -0.3 is 39.6 Å². The average Bonchev–Trinajstić information content (AvgIpc) is 0.904. The lowest BCUT2D eigenvalue weighted by Gasteiger charge is -2.36. The van der Waals surface area contributed by atoms with E-state index in [4.69, 9.17) is 68.5 Å². The maximum atomic E-state index is 13.9. The van der Waals surface area contributed by atoms with Crippen LogP contribution in [-0.2, 0) is 62.0 Å². The largest absolute Gasteiger partial charge is 0.460 e. The Kier molecular flexibility index (Phi) is 24.3. The van der Waals surface area contributed by atoms with Gasteiger partial charge in [-0.25, -0.2) is 10.9 Å². The minimum Gasteiger partial charge on any atom is -0.460 e. The van der Waals surface area contributed by atoms with Gasteiger partial charge >= 0.3 is 17.9 Å². The van der Waals surface area contributed by atoms with E-state index in [-0.39, 0.29) is 29.7 Å². The van der Waals surface area contributed by atoms with Gasteiger partial charge in [0, 0.05) is 56.0 Å². The van der Waals surface area contributed by atoms with Crippen LogP contribution >= 0.6 is 34.8 Å². The van der Waals surface area contributed by atoms with Crippen LogP contribution in [0.15, 0.2) is 72.8 Å². The van der Waals surface area contributed by atoms with E-state index in [2.05, 4.69) is 46.7 Å². The number of amides is 5. The number of nitrogens with zero attached hydrogens (tertiary/aromatic N) is 4. The topological polar surface area (TPSA) is 275 Å². The van der Waals surface area contributed by atoms with E-state index < -0.39 is 93.2 Å². The van der Waals surface area contributed by atoms with Crippen LogP contribution in [0.2, 0.25) is 0 Å². The summed E-state index contributed by atoms with van der Waals surface area (Å²) >= 11 is 17.0. The molecule has 0 unspecified atom stereocenters. The molecule has 5 N–H and O–H groups in total. The third-order valence-electron chi connectivity index (χ3n) is 17.2. The monoisotopic (exact) mass is 1330 g/mol. The number of aromatic nitrogens is 2. The molecule has 7 atom stereocenters. The third kappa shape index (κ3) is 18.3. The van der Waals surface area contributed by atoms with Gasteiger partial charge in [-0.3, -0.25) is 58.3 Å². The van der Waals surface area contributed by atoms with E-state index in [1.807, 2.05) is 85.8 Å². The Morgan fingerprint density at radius 1 is 0.772 bits per heavy atom. The number of pyridine rings is 2. The molecule has 5 aliphatic rings. The van der Waals surface area contributed by atoms with Crippen molar-refractivity contribution in [2.45, 2.75) is 166 Å². The zero-order chi connectivity index (χ0) is 66.7. The maximum Gasteiger partial charge on any atom is 0.325 e. The summed E-state index contributed by atoms with van der Waals surface area (Å²) in [5.74, 6) is -4.37. The van der Waals surface area contributed by atoms with Crippen molar-refractivity contribution in [3.63, 3.8) is 0 Å². The molecule has 2 aromatic heterocycles. The van der Waals surface area contributed by atoms with Crippen LogP contribution in [-0.4, -0.2) is 154 Å². The van der Waals surface area contributed by atoms with E-state index in [1.54, 1.807) is 34.6 Å². The molecule has 2 aromatic carbocycles. The standard InChI is InChI=1S/C35H45Cl3N4O7.C32H41N5O6/c1-21(2)26-11-10-25-9-8-24(19-28(25)40-26)12-13-34(14-17-47-18-15-34)33(46)49-29(22(3)4)30(43)39-23(5)31(44)42-16-6-7-27(41-42)32(45)48-20-35(36,37)38;1-19(2)27-29(39)34-21(4)30(40)37-15-5-6-25(36-37)28(38)33-20(3)24-10-9-23-8-7-22(18-26(23)35-24)11-12-32(31(41)43-27)13-16-42-17-14-32/h8-13,19,21-23,27,29,41H,6-7,14-18,20H2,1-5H3,(H,39,43);7-12,18-21,25,27,36H,5-6,13-17H2,1-4H3,(H,33,38)(H,34,39)/b13-12+;12-11+/t23-,27-,29-;20-,21+,25+,27+/m01/s1. The summed E-state index contributed by atoms with van der Waals surface area (Å²) in [6, 6.07) is 16.1. The van der Waals surface area contributed by atoms with Gasteiger partial charge in [0.05, 0.1) is 33.6 Å². The average molecular weight is 1330 g/mol. The predicted molar refractivity (Wildman–Crippen MR) is 349 cm³/mol. The Morgan fingerprint density at radius 3 is 2.09 bits per heavy atom. The van der Waals surface area contributed by atoms with Gasteiger partial charge in [0.15, 0.2) is 12.2 Å². The Bertz CT molecular complexity index is 3400. The third-order valence-corrected chi connectivity index (χ3v) is 17.5. The van der Waals surface area contributed by atoms with E-state index in [1.165, 1.54) is 16.9 Å². The highest BCUT2D eigenvalue weighted by Gasteiger charge is 2.45. The van der Waals surface area contributed by atoms with Crippen LogP contribution in [0.5, 0.6) is 0 Å². The minimum absolute atomic E-state index is 0.236. The number of alkyl halides is 3. The Labute approximate surface area is 552 Å². The lowest BCUT2D eigenvalue weighted by Crippen LogP contribution is -2.61. The lowest BCUT2D eigenvalue weighted by atomic mass is 9.79. The molecule has 4 fully saturated rings. The summed E-state index contributed by atoms with van der Waals surface area (Å²) in [6.07, 6.45) is 8.94. The second-order valence-corrected chi connectivity index (χ2v) is 27.9. The van der Waals surface area contributed by atoms with Gasteiger partial charge in [0.2, 0.25) is 9.70 Å². The normalized spacial score (nSPS) is 23.5. The molecule has 22 nitrogen and oxygen atoms in total. The van der Waals surface area contributed by atoms with Crippen LogP contribution in [0, 0.1) is 22.7 Å². The van der Waals surface area contributed by atoms with Crippen molar-refractivity contribution in [1.82, 2.24) is 46.8 Å². The van der Waals surface area contributed by atoms with E-state index in [9.17, 15) is 38.4 Å². The fourth-order valence-corrected chi connectivity index (χ4v) is 11.6. The van der Waals surface area contributed by atoms with Crippen LogP contribution in [0.4, 0.5) is 0 Å². The van der Waals surface area contributed by atoms with Crippen molar-refractivity contribution in [3.05, 3.63) is 95.3 Å². The van der Waals surface area contributed by atoms with Gasteiger partial charge in [-0.1, -0.05) is 137 Å². The number of ether oxygens (including phenoxy) is 5. The highest BCUT2D eigenvalue weighted by molar-refractivity contribution is 6.67. The molecule has 1 spiro atoms. The first-order valence-corrected chi connectivity index (χ1v) is 32.9. The summed E-state index contributed by atoms with van der Waals surface area (Å²) < 4.78 is 26.3. The van der Waals surface area contributed by atoms with Crippen molar-refractivity contribution in [2.75, 3.05) is 46.1 Å². The quantitative estimate of drug-likeness (QED) is 0.0505. The first-order chi connectivity index (χ1) is 43.6. The number of rotatable bonds is 12. The SMILES string of the molecule is CC(C)[C@@H]1OC(=O)C2(/C=C/c3ccc4ccc(nc4c3)[C@@H](C)NC(=O)[C@@H]3CCCN(N3)C(=O)[C@H](C)NC1=O)CCOCC2.CC(C)c1ccc2ccc(/C=C/C3(C(=O)O[C@H](C(=O)N[C@@H](C)C(=O)N4CCC[C@@H](C(=O)OCC(Cl)(Cl)Cl)N4)C(C)C)CCOCC3)cc2n1. The number of nitrogens with one attached hydrogen (secondary N) is 5. The number of carbonyl (C=O) groups excluding carboxylic acids is 8. The molecule has 0 saturated carbocycles. The molecular formula is C67H86Cl3N9O13. The molecule has 92 heavy (non-hydrogen) atoms. The molecule has 5 amide bonds. The summed E-state index contributed by atoms with van der Waals surface area (Å²) in [5, 5.41) is 13.1. The van der Waals surface area contributed by atoms with Crippen LogP contribution in [0.3, 0.4) is 0 Å². The number of hydrogen-bond acceptors (Lipinski definition) is 17. The van der Waals surface area contributed by atoms with E-state index in [0.29, 0.717) is 102 Å². The van der Waals surface area contributed by atoms with E-state index in [0.717, 1.165) is 38.6 Å². The van der Waals surface area contributed by atoms with Crippen molar-refractivity contribution in [3.8, 4) is 0 Å². The molecule has 25 heteroatoms. The van der Waals surface area contributed by atoms with Crippen LogP contribution in [0.25, 0.3) is 34.0 Å². The molecule has 5 aliphatic heterocycles. The molecular weight excluding hydrogens is 1250 g/mol. The van der Waals surface area contributed by atoms with E-state index >= 15 is 0 Å². The van der Waals surface area contributed by atoms with Gasteiger partial charge in [-0.15, -0.1) is 0 Å². The molecule has 498 valence electrons. The van der Waals surface area contributed by atoms with Crippen LogP contribution < -0.4 is 26.8 Å². The second-order valence-electron chi connectivity index (χ2n) is 25.4. The Balaban J connectivity index is 0.000000239. The van der Waals surface area contributed by atoms with Gasteiger partial charge in [-0.05, 0) is 125 Å². The number of cyclic esters (lactones) is 1. The summed E-state index contributed by atoms with van der Waals surface area (Å²) in [6.45, 7) is 18.1. The predicted octanol–water partition coefficient (Wildman–Crippen LogP) is 8.45. The second kappa shape index (κ2) is 31.4. The number of halogens is 3. The minimum atomic E-state index is -1.76. The number of hydrogen-bond donors (Lipinski definition) is 5. The number of esters is 3. The smallest absolute Gasteiger partial charge is 0.325 e. The molecule has 4 saturated heterocycles. The first-order valence-electron chi connectivity index (χ1n) is 31.7. The summed E-state index contributed by atoms with van der Waals surface area (Å²) in [5.41, 5.74) is 8.97. The Morgan fingerprint density at radius 2 is 1.41 bits per heavy atom. The van der Waals surface area contributed by atoms with Crippen molar-refractivity contribution in [2.24, 2.45) is 22.7 Å². The number of fused-ring (bicyclic) bond motifs is 5.